The largest absolute Gasteiger partial charge is 0.337 e. The maximum atomic E-state index is 13.4. The van der Waals surface area contributed by atoms with Gasteiger partial charge in [0.25, 0.3) is 5.91 Å². The third kappa shape index (κ3) is 3.33. The van der Waals surface area contributed by atoms with Crippen molar-refractivity contribution in [2.24, 2.45) is 0 Å². The van der Waals surface area contributed by atoms with Crippen molar-refractivity contribution >= 4 is 45.7 Å². The molecule has 6 rings (SSSR count). The average molecular weight is 434 g/mol. The fraction of sp³-hybridized carbons (Fsp3) is 0.143. The highest BCUT2D eigenvalue weighted by Gasteiger charge is 2.25. The van der Waals surface area contributed by atoms with Gasteiger partial charge in [0.2, 0.25) is 5.91 Å². The molecule has 5 nitrogen and oxygen atoms in total. The number of aromatic nitrogens is 1. The summed E-state index contributed by atoms with van der Waals surface area (Å²) < 4.78 is 2.00. The van der Waals surface area contributed by atoms with Gasteiger partial charge in [0, 0.05) is 51.7 Å². The molecule has 0 saturated heterocycles. The number of para-hydroxylation sites is 3. The average Bonchev–Trinajstić information content (AvgIpc) is 3.36. The Balaban J connectivity index is 1.38. The smallest absolute Gasteiger partial charge is 0.256 e. The van der Waals surface area contributed by atoms with Gasteiger partial charge in [-0.25, -0.2) is 0 Å². The first-order chi connectivity index (χ1) is 16.2. The summed E-state index contributed by atoms with van der Waals surface area (Å²) in [5, 5.41) is 3.95. The zero-order valence-electron chi connectivity index (χ0n) is 18.1. The molecule has 1 aromatic heterocycles. The van der Waals surface area contributed by atoms with E-state index in [0.29, 0.717) is 5.57 Å². The summed E-state index contributed by atoms with van der Waals surface area (Å²) in [7, 11) is 0. The van der Waals surface area contributed by atoms with Gasteiger partial charge in [0.15, 0.2) is 0 Å². The van der Waals surface area contributed by atoms with E-state index in [1.165, 1.54) is 5.56 Å². The Labute approximate surface area is 191 Å². The lowest BCUT2D eigenvalue weighted by Gasteiger charge is -2.29. The van der Waals surface area contributed by atoms with E-state index in [9.17, 15) is 9.59 Å². The second-order valence-corrected chi connectivity index (χ2v) is 8.56. The van der Waals surface area contributed by atoms with E-state index in [0.717, 1.165) is 52.8 Å². The van der Waals surface area contributed by atoms with E-state index in [4.69, 9.17) is 0 Å². The first-order valence-corrected chi connectivity index (χ1v) is 11.3. The van der Waals surface area contributed by atoms with Gasteiger partial charge < -0.3 is 14.8 Å². The molecule has 0 atom stereocenters. The molecule has 0 unspecified atom stereocenters. The van der Waals surface area contributed by atoms with Crippen LogP contribution in [0, 0.1) is 0 Å². The summed E-state index contributed by atoms with van der Waals surface area (Å²) in [4.78, 5) is 27.9. The zero-order valence-corrected chi connectivity index (χ0v) is 18.1. The van der Waals surface area contributed by atoms with Crippen molar-refractivity contribution in [2.75, 3.05) is 16.8 Å². The number of hydrogen-bond donors (Lipinski definition) is 1. The molecule has 3 aromatic carbocycles. The molecule has 3 heterocycles. The van der Waals surface area contributed by atoms with Gasteiger partial charge in [-0.15, -0.1) is 0 Å². The summed E-state index contributed by atoms with van der Waals surface area (Å²) in [6.07, 6.45) is 5.90. The van der Waals surface area contributed by atoms with Crippen molar-refractivity contribution in [3.8, 4) is 0 Å². The van der Waals surface area contributed by atoms with E-state index >= 15 is 0 Å². The Kier molecular flexibility index (Phi) is 4.61. The van der Waals surface area contributed by atoms with Crippen molar-refractivity contribution in [3.63, 3.8) is 0 Å². The van der Waals surface area contributed by atoms with Gasteiger partial charge in [-0.2, -0.15) is 0 Å². The second kappa shape index (κ2) is 7.78. The molecule has 0 radical (unpaired) electrons. The number of rotatable bonds is 3. The Morgan fingerprint density at radius 1 is 0.970 bits per heavy atom. The number of carbonyl (C=O) groups is 2. The predicted octanol–water partition coefficient (Wildman–Crippen LogP) is 5.11. The molecule has 5 heteroatoms. The first-order valence-electron chi connectivity index (χ1n) is 11.3. The normalized spacial score (nSPS) is 16.1. The van der Waals surface area contributed by atoms with Crippen LogP contribution in [0.3, 0.4) is 0 Å². The molecule has 2 aliphatic rings. The Hall–Kier alpha value is -4.12. The lowest BCUT2D eigenvalue weighted by atomic mass is 10.0. The number of hydrogen-bond acceptors (Lipinski definition) is 2. The first kappa shape index (κ1) is 19.6. The molecule has 2 amide bonds. The van der Waals surface area contributed by atoms with Crippen LogP contribution in [-0.2, 0) is 22.6 Å². The molecular formula is C28H23N3O2. The van der Waals surface area contributed by atoms with Crippen molar-refractivity contribution < 1.29 is 9.59 Å². The van der Waals surface area contributed by atoms with Crippen LogP contribution in [0.4, 0.5) is 11.4 Å². The predicted molar refractivity (Wildman–Crippen MR) is 132 cm³/mol. The fourth-order valence-corrected chi connectivity index (χ4v) is 4.98. The molecule has 162 valence electrons. The molecule has 33 heavy (non-hydrogen) atoms. The van der Waals surface area contributed by atoms with E-state index < -0.39 is 0 Å². The topological polar surface area (TPSA) is 54.3 Å². The zero-order chi connectivity index (χ0) is 22.4. The Bertz CT molecular complexity index is 1450. The van der Waals surface area contributed by atoms with E-state index in [-0.39, 0.29) is 18.4 Å². The minimum atomic E-state index is -0.103. The van der Waals surface area contributed by atoms with Crippen molar-refractivity contribution in [2.45, 2.75) is 19.4 Å². The molecule has 2 aliphatic heterocycles. The highest BCUT2D eigenvalue weighted by atomic mass is 16.2. The van der Waals surface area contributed by atoms with Crippen LogP contribution < -0.4 is 10.2 Å². The Morgan fingerprint density at radius 2 is 1.76 bits per heavy atom. The Morgan fingerprint density at radius 3 is 2.70 bits per heavy atom. The summed E-state index contributed by atoms with van der Waals surface area (Å²) in [6, 6.07) is 23.9. The van der Waals surface area contributed by atoms with Gasteiger partial charge in [-0.1, -0.05) is 54.6 Å². The summed E-state index contributed by atoms with van der Waals surface area (Å²) >= 11 is 0. The summed E-state index contributed by atoms with van der Waals surface area (Å²) in [5.74, 6) is -0.0277. The number of amides is 2. The molecule has 0 fully saturated rings. The molecule has 0 spiro atoms. The number of nitrogens with zero attached hydrogens (tertiary/aromatic N) is 2. The highest BCUT2D eigenvalue weighted by Crippen LogP contribution is 2.34. The lowest BCUT2D eigenvalue weighted by Crippen LogP contribution is -2.37. The summed E-state index contributed by atoms with van der Waals surface area (Å²) in [6.45, 7) is 0.990. The van der Waals surface area contributed by atoms with Crippen LogP contribution in [-0.4, -0.2) is 22.9 Å². The van der Waals surface area contributed by atoms with E-state index in [1.54, 1.807) is 0 Å². The number of carbonyl (C=O) groups excluding carboxylic acids is 2. The monoisotopic (exact) mass is 433 g/mol. The highest BCUT2D eigenvalue weighted by molar-refractivity contribution is 6.35. The van der Waals surface area contributed by atoms with Gasteiger partial charge >= 0.3 is 0 Å². The third-order valence-corrected chi connectivity index (χ3v) is 6.55. The number of fused-ring (bicyclic) bond motifs is 3. The van der Waals surface area contributed by atoms with Gasteiger partial charge in [-0.05, 0) is 42.7 Å². The minimum absolute atomic E-state index is 0.0751. The van der Waals surface area contributed by atoms with Crippen molar-refractivity contribution in [3.05, 3.63) is 95.7 Å². The molecule has 0 bridgehead atoms. The molecule has 1 N–H and O–H groups in total. The third-order valence-electron chi connectivity index (χ3n) is 6.55. The standard InChI is InChI=1S/C28H23N3O2/c32-27(31-15-7-9-19-8-1-5-13-25(19)31)18-30-17-20(21-10-3-6-14-26(21)30)16-23-22-11-2-4-12-24(22)29-28(23)33/h1-6,8,10-14,16-17H,7,9,15,18H2,(H,29,33)/b23-16+. The number of anilines is 2. The van der Waals surface area contributed by atoms with E-state index in [2.05, 4.69) is 11.4 Å². The van der Waals surface area contributed by atoms with E-state index in [1.807, 2.05) is 88.5 Å². The quantitative estimate of drug-likeness (QED) is 0.456. The fourth-order valence-electron chi connectivity index (χ4n) is 4.98. The van der Waals surface area contributed by atoms with Gasteiger partial charge in [-0.3, -0.25) is 9.59 Å². The van der Waals surface area contributed by atoms with Crippen LogP contribution >= 0.6 is 0 Å². The molecule has 4 aromatic rings. The van der Waals surface area contributed by atoms with Gasteiger partial charge in [0.05, 0.1) is 0 Å². The summed E-state index contributed by atoms with van der Waals surface area (Å²) in [5.41, 5.74) is 6.54. The van der Waals surface area contributed by atoms with Crippen LogP contribution in [0.15, 0.2) is 79.0 Å². The molecular weight excluding hydrogens is 410 g/mol. The molecule has 0 saturated carbocycles. The number of nitrogens with one attached hydrogen (secondary N) is 1. The van der Waals surface area contributed by atoms with Crippen LogP contribution in [0.5, 0.6) is 0 Å². The van der Waals surface area contributed by atoms with Gasteiger partial charge in [0.1, 0.15) is 6.54 Å². The van der Waals surface area contributed by atoms with Crippen molar-refractivity contribution in [1.82, 2.24) is 4.57 Å². The minimum Gasteiger partial charge on any atom is -0.337 e. The van der Waals surface area contributed by atoms with Crippen molar-refractivity contribution in [1.29, 1.82) is 0 Å². The maximum absolute atomic E-state index is 13.4. The van der Waals surface area contributed by atoms with Crippen LogP contribution in [0.1, 0.15) is 23.1 Å². The SMILES string of the molecule is O=C1Nc2ccccc2/C1=C\c1cn(CC(=O)N2CCCc3ccccc32)c2ccccc12. The number of aryl methyl sites for hydroxylation is 1. The lowest BCUT2D eigenvalue weighted by molar-refractivity contribution is -0.119. The van der Waals surface area contributed by atoms with Crippen LogP contribution in [0.2, 0.25) is 0 Å². The van der Waals surface area contributed by atoms with Crippen LogP contribution in [0.25, 0.3) is 22.6 Å². The molecule has 0 aliphatic carbocycles. The number of benzene rings is 3. The maximum Gasteiger partial charge on any atom is 0.256 e. The second-order valence-electron chi connectivity index (χ2n) is 8.56.